The molecule has 1 aromatic carbocycles. The Labute approximate surface area is 122 Å². The molecule has 0 radical (unpaired) electrons. The van der Waals surface area contributed by atoms with Crippen LogP contribution in [0, 0.1) is 0 Å². The number of ether oxygens (including phenoxy) is 1. The van der Waals surface area contributed by atoms with E-state index in [0.29, 0.717) is 5.75 Å². The molecule has 1 unspecified atom stereocenters. The van der Waals surface area contributed by atoms with Crippen molar-refractivity contribution in [1.82, 2.24) is 5.32 Å². The summed E-state index contributed by atoms with van der Waals surface area (Å²) in [6.07, 6.45) is -5.86. The van der Waals surface area contributed by atoms with Gasteiger partial charge in [0.05, 0.1) is 19.6 Å². The molecule has 0 aromatic heterocycles. The third-order valence-electron chi connectivity index (χ3n) is 2.52. The molecule has 0 bridgehead atoms. The Morgan fingerprint density at radius 2 is 2.05 bits per heavy atom. The highest BCUT2D eigenvalue weighted by atomic mass is 35.5. The number of methoxy groups -OCH3 is 1. The Kier molecular flexibility index (Phi) is 5.42. The monoisotopic (exact) mass is 325 g/mol. The van der Waals surface area contributed by atoms with Crippen molar-refractivity contribution in [2.24, 2.45) is 0 Å². The average molecular weight is 326 g/mol. The lowest BCUT2D eigenvalue weighted by molar-refractivity contribution is -0.174. The van der Waals surface area contributed by atoms with Gasteiger partial charge in [0.1, 0.15) is 5.75 Å². The number of rotatable bonds is 5. The van der Waals surface area contributed by atoms with E-state index in [4.69, 9.17) is 21.4 Å². The molecule has 1 amide bonds. The summed E-state index contributed by atoms with van der Waals surface area (Å²) in [6, 6.07) is 2.60. The first-order chi connectivity index (χ1) is 9.65. The van der Waals surface area contributed by atoms with Crippen molar-refractivity contribution < 1.29 is 32.6 Å². The fourth-order valence-corrected chi connectivity index (χ4v) is 1.87. The average Bonchev–Trinajstić information content (AvgIpc) is 2.36. The van der Waals surface area contributed by atoms with E-state index < -0.39 is 30.5 Å². The molecule has 0 aliphatic carbocycles. The van der Waals surface area contributed by atoms with Crippen LogP contribution in [-0.2, 0) is 9.59 Å². The minimum atomic E-state index is -5.12. The fraction of sp³-hybridized carbons (Fsp3) is 0.333. The van der Waals surface area contributed by atoms with Crippen molar-refractivity contribution in [2.45, 2.75) is 18.6 Å². The molecular weight excluding hydrogens is 315 g/mol. The van der Waals surface area contributed by atoms with Crippen molar-refractivity contribution in [1.29, 1.82) is 0 Å². The largest absolute Gasteiger partial charge is 0.497 e. The molecule has 9 heteroatoms. The molecule has 116 valence electrons. The van der Waals surface area contributed by atoms with Gasteiger partial charge in [-0.25, -0.2) is 0 Å². The Hall–Kier alpha value is -1.96. The molecule has 1 rings (SSSR count). The minimum absolute atomic E-state index is 0.0110. The standard InChI is InChI=1S/C12H11ClF3NO4/c1-21-6-2-3-7(8(13)4-6)9(5-10(18)19)17-11(20)12(14,15)16/h2-4,9H,5H2,1H3,(H,17,20)(H,18,19). The quantitative estimate of drug-likeness (QED) is 0.872. The van der Waals surface area contributed by atoms with Gasteiger partial charge < -0.3 is 15.2 Å². The summed E-state index contributed by atoms with van der Waals surface area (Å²) in [7, 11) is 1.37. The number of amides is 1. The molecule has 5 nitrogen and oxygen atoms in total. The van der Waals surface area contributed by atoms with Crippen LogP contribution in [0.3, 0.4) is 0 Å². The molecule has 1 atom stereocenters. The van der Waals surface area contributed by atoms with Crippen LogP contribution < -0.4 is 10.1 Å². The van der Waals surface area contributed by atoms with Crippen LogP contribution in [0.5, 0.6) is 5.75 Å². The van der Waals surface area contributed by atoms with Crippen molar-refractivity contribution >= 4 is 23.5 Å². The number of carbonyl (C=O) groups excluding carboxylic acids is 1. The lowest BCUT2D eigenvalue weighted by Crippen LogP contribution is -2.39. The zero-order chi connectivity index (χ0) is 16.2. The Morgan fingerprint density at radius 1 is 1.43 bits per heavy atom. The predicted octanol–water partition coefficient (Wildman–Crippen LogP) is 2.54. The molecule has 0 heterocycles. The SMILES string of the molecule is COc1ccc(C(CC(=O)O)NC(=O)C(F)(F)F)c(Cl)c1. The maximum atomic E-state index is 12.3. The summed E-state index contributed by atoms with van der Waals surface area (Å²) < 4.78 is 41.7. The van der Waals surface area contributed by atoms with E-state index in [2.05, 4.69) is 0 Å². The van der Waals surface area contributed by atoms with Crippen molar-refractivity contribution in [3.63, 3.8) is 0 Å². The molecule has 0 saturated carbocycles. The number of aliphatic carboxylic acids is 1. The molecular formula is C12H11ClF3NO4. The van der Waals surface area contributed by atoms with Crippen molar-refractivity contribution in [3.05, 3.63) is 28.8 Å². The van der Waals surface area contributed by atoms with Crippen LogP contribution in [0.25, 0.3) is 0 Å². The molecule has 0 aliphatic heterocycles. The predicted molar refractivity (Wildman–Crippen MR) is 67.2 cm³/mol. The van der Waals surface area contributed by atoms with Gasteiger partial charge in [0.25, 0.3) is 0 Å². The van der Waals surface area contributed by atoms with Gasteiger partial charge in [-0.3, -0.25) is 9.59 Å². The van der Waals surface area contributed by atoms with Crippen LogP contribution in [0.2, 0.25) is 5.02 Å². The second kappa shape index (κ2) is 6.66. The summed E-state index contributed by atoms with van der Waals surface area (Å²) in [6.45, 7) is 0. The van der Waals surface area contributed by atoms with Crippen LogP contribution in [0.4, 0.5) is 13.2 Å². The maximum Gasteiger partial charge on any atom is 0.471 e. The lowest BCUT2D eigenvalue weighted by Gasteiger charge is -2.20. The number of hydrogen-bond donors (Lipinski definition) is 2. The zero-order valence-corrected chi connectivity index (χ0v) is 11.5. The number of hydrogen-bond acceptors (Lipinski definition) is 3. The number of benzene rings is 1. The van der Waals surface area contributed by atoms with Crippen molar-refractivity contribution in [2.75, 3.05) is 7.11 Å². The second-order valence-electron chi connectivity index (χ2n) is 4.01. The normalized spacial score (nSPS) is 12.6. The second-order valence-corrected chi connectivity index (χ2v) is 4.42. The van der Waals surface area contributed by atoms with E-state index in [1.807, 2.05) is 0 Å². The van der Waals surface area contributed by atoms with Gasteiger partial charge in [0, 0.05) is 5.02 Å². The smallest absolute Gasteiger partial charge is 0.471 e. The number of carboxylic acid groups (broad SMARTS) is 1. The number of halogens is 4. The number of alkyl halides is 3. The van der Waals surface area contributed by atoms with Gasteiger partial charge in [0.15, 0.2) is 0 Å². The van der Waals surface area contributed by atoms with E-state index in [9.17, 15) is 22.8 Å². The maximum absolute atomic E-state index is 12.3. The molecule has 0 saturated heterocycles. The number of carboxylic acids is 1. The summed E-state index contributed by atoms with van der Waals surface area (Å²) in [5, 5.41) is 10.4. The lowest BCUT2D eigenvalue weighted by atomic mass is 10.0. The van der Waals surface area contributed by atoms with E-state index in [0.717, 1.165) is 0 Å². The van der Waals surface area contributed by atoms with E-state index in [1.54, 1.807) is 5.32 Å². The fourth-order valence-electron chi connectivity index (χ4n) is 1.57. The Morgan fingerprint density at radius 3 is 2.48 bits per heavy atom. The third-order valence-corrected chi connectivity index (χ3v) is 2.85. The Bertz CT molecular complexity index is 548. The first-order valence-corrected chi connectivity index (χ1v) is 5.96. The summed E-state index contributed by atoms with van der Waals surface area (Å²) in [5.41, 5.74) is 0.0532. The first kappa shape index (κ1) is 17.1. The van der Waals surface area contributed by atoms with Gasteiger partial charge in [-0.05, 0) is 17.7 Å². The molecule has 1 aromatic rings. The topological polar surface area (TPSA) is 75.6 Å². The van der Waals surface area contributed by atoms with Crippen LogP contribution in [0.15, 0.2) is 18.2 Å². The molecule has 21 heavy (non-hydrogen) atoms. The van der Waals surface area contributed by atoms with Gasteiger partial charge >= 0.3 is 18.1 Å². The summed E-state index contributed by atoms with van der Waals surface area (Å²) in [5.74, 6) is -3.27. The first-order valence-electron chi connectivity index (χ1n) is 5.58. The van der Waals surface area contributed by atoms with Gasteiger partial charge in [0.2, 0.25) is 0 Å². The molecule has 0 aliphatic rings. The van der Waals surface area contributed by atoms with E-state index in [1.165, 1.54) is 25.3 Å². The van der Waals surface area contributed by atoms with Crippen LogP contribution >= 0.6 is 11.6 Å². The highest BCUT2D eigenvalue weighted by molar-refractivity contribution is 6.31. The van der Waals surface area contributed by atoms with Crippen LogP contribution in [0.1, 0.15) is 18.0 Å². The number of carbonyl (C=O) groups is 2. The summed E-state index contributed by atoms with van der Waals surface area (Å²) >= 11 is 5.88. The third kappa shape index (κ3) is 4.82. The molecule has 0 spiro atoms. The number of nitrogens with one attached hydrogen (secondary N) is 1. The zero-order valence-electron chi connectivity index (χ0n) is 10.7. The molecule has 2 N–H and O–H groups in total. The van der Waals surface area contributed by atoms with E-state index in [-0.39, 0.29) is 10.6 Å². The van der Waals surface area contributed by atoms with Gasteiger partial charge in [-0.2, -0.15) is 13.2 Å². The molecule has 0 fully saturated rings. The Balaban J connectivity index is 3.08. The summed E-state index contributed by atoms with van der Waals surface area (Å²) in [4.78, 5) is 21.7. The van der Waals surface area contributed by atoms with Crippen molar-refractivity contribution in [3.8, 4) is 5.75 Å². The van der Waals surface area contributed by atoms with Gasteiger partial charge in [-0.15, -0.1) is 0 Å². The van der Waals surface area contributed by atoms with Gasteiger partial charge in [-0.1, -0.05) is 17.7 Å². The highest BCUT2D eigenvalue weighted by Crippen LogP contribution is 2.30. The minimum Gasteiger partial charge on any atom is -0.497 e. The van der Waals surface area contributed by atoms with E-state index >= 15 is 0 Å². The van der Waals surface area contributed by atoms with Crippen LogP contribution in [-0.4, -0.2) is 30.3 Å². The highest BCUT2D eigenvalue weighted by Gasteiger charge is 2.40.